The third-order valence-corrected chi connectivity index (χ3v) is 12.2. The van der Waals surface area contributed by atoms with Crippen LogP contribution in [0.1, 0.15) is 16.7 Å². The molecule has 0 saturated carbocycles. The molecule has 1 unspecified atom stereocenters. The van der Waals surface area contributed by atoms with E-state index in [0.717, 1.165) is 71.9 Å². The van der Waals surface area contributed by atoms with Gasteiger partial charge in [0, 0.05) is 32.9 Å². The summed E-state index contributed by atoms with van der Waals surface area (Å²) in [5.74, 6) is 0.593. The minimum Gasteiger partial charge on any atom is -0.278 e. The Hall–Kier alpha value is -6.63. The molecule has 0 amide bonds. The lowest BCUT2D eigenvalue weighted by Crippen LogP contribution is -2.11. The normalized spacial score (nSPS) is 15.5. The van der Waals surface area contributed by atoms with Crippen LogP contribution in [0.5, 0.6) is 0 Å². The molecule has 0 fully saturated rings. The van der Waals surface area contributed by atoms with Gasteiger partial charge >= 0.3 is 0 Å². The number of hydrogen-bond acceptors (Lipinski definition) is 4. The maximum atomic E-state index is 15.8. The summed E-state index contributed by atoms with van der Waals surface area (Å²) in [7, 11) is -3.13. The van der Waals surface area contributed by atoms with Crippen molar-refractivity contribution in [3.63, 3.8) is 0 Å². The van der Waals surface area contributed by atoms with Crippen LogP contribution in [0.2, 0.25) is 0 Å². The van der Waals surface area contributed by atoms with Gasteiger partial charge in [-0.3, -0.25) is 4.57 Å². The van der Waals surface area contributed by atoms with E-state index in [4.69, 9.17) is 14.3 Å². The van der Waals surface area contributed by atoms with Crippen molar-refractivity contribution in [3.8, 4) is 17.2 Å². The highest BCUT2D eigenvalue weighted by Gasteiger charge is 2.32. The molecule has 1 atom stereocenters. The second-order valence-electron chi connectivity index (χ2n) is 12.9. The van der Waals surface area contributed by atoms with E-state index in [2.05, 4.69) is 77.4 Å². The van der Waals surface area contributed by atoms with Crippen molar-refractivity contribution < 1.29 is 4.21 Å². The molecule has 3 heterocycles. The van der Waals surface area contributed by atoms with Gasteiger partial charge in [-0.05, 0) is 53.6 Å². The zero-order valence-corrected chi connectivity index (χ0v) is 28.7. The topological polar surface area (TPSA) is 60.1 Å². The van der Waals surface area contributed by atoms with Gasteiger partial charge in [0.15, 0.2) is 0 Å². The summed E-state index contributed by atoms with van der Waals surface area (Å²) < 4.78 is 23.0. The molecule has 9 aromatic rings. The van der Waals surface area contributed by atoms with E-state index < -0.39 is 9.73 Å². The third kappa shape index (κ3) is 4.72. The van der Waals surface area contributed by atoms with Gasteiger partial charge in [0.25, 0.3) is 0 Å². The SMILES string of the molecule is O=S1(c2ccccc2)=Nc2ccccc2C(c2ccccc2)=C1c1ccc2c(c1)c1ccccc1n2-c1nc(-c2ccccc2)c2ccccc2n1. The first-order chi connectivity index (χ1) is 25.7. The Bertz CT molecular complexity index is 3000. The molecule has 0 bridgehead atoms. The van der Waals surface area contributed by atoms with Gasteiger partial charge in [0.2, 0.25) is 5.95 Å². The van der Waals surface area contributed by atoms with E-state index in [1.165, 1.54) is 0 Å². The largest absolute Gasteiger partial charge is 0.278 e. The number of aromatic nitrogens is 3. The second kappa shape index (κ2) is 12.0. The smallest absolute Gasteiger partial charge is 0.235 e. The van der Waals surface area contributed by atoms with Gasteiger partial charge in [0.05, 0.1) is 37.7 Å². The lowest BCUT2D eigenvalue weighted by molar-refractivity contribution is 0.683. The Kier molecular flexibility index (Phi) is 6.98. The van der Waals surface area contributed by atoms with Crippen LogP contribution in [0.15, 0.2) is 191 Å². The Morgan fingerprint density at radius 3 is 1.88 bits per heavy atom. The molecule has 52 heavy (non-hydrogen) atoms. The maximum absolute atomic E-state index is 15.8. The number of fused-ring (bicyclic) bond motifs is 5. The Morgan fingerprint density at radius 1 is 0.481 bits per heavy atom. The van der Waals surface area contributed by atoms with Crippen LogP contribution in [-0.2, 0) is 9.73 Å². The lowest BCUT2D eigenvalue weighted by atomic mass is 9.93. The molecule has 5 nitrogen and oxygen atoms in total. The van der Waals surface area contributed by atoms with Crippen molar-refractivity contribution in [1.29, 1.82) is 0 Å². The highest BCUT2D eigenvalue weighted by molar-refractivity contribution is 8.03. The third-order valence-electron chi connectivity index (χ3n) is 9.80. The van der Waals surface area contributed by atoms with Crippen molar-refractivity contribution >= 4 is 58.6 Å². The standard InChI is InChI=1S/C46H30N4OS/c51-52(34-20-8-3-9-21-34)45(43(31-16-4-1-5-17-31)36-23-10-14-26-40(36)49-52)33-28-29-42-38(30-33)35-22-12-15-27-41(35)50(42)46-47-39-25-13-11-24-37(39)44(48-46)32-18-6-2-7-19-32/h1-30H. The fourth-order valence-electron chi connectivity index (χ4n) is 7.49. The predicted molar refractivity (Wildman–Crippen MR) is 213 cm³/mol. The lowest BCUT2D eigenvalue weighted by Gasteiger charge is -2.26. The Labute approximate surface area is 301 Å². The maximum Gasteiger partial charge on any atom is 0.235 e. The van der Waals surface area contributed by atoms with E-state index in [1.807, 2.05) is 109 Å². The monoisotopic (exact) mass is 686 g/mol. The van der Waals surface area contributed by atoms with Crippen molar-refractivity contribution in [2.24, 2.45) is 4.36 Å². The van der Waals surface area contributed by atoms with Crippen LogP contribution in [0.4, 0.5) is 5.69 Å². The van der Waals surface area contributed by atoms with Crippen LogP contribution in [0.3, 0.4) is 0 Å². The zero-order chi connectivity index (χ0) is 34.6. The van der Waals surface area contributed by atoms with Gasteiger partial charge in [0.1, 0.15) is 9.73 Å². The zero-order valence-electron chi connectivity index (χ0n) is 27.9. The van der Waals surface area contributed by atoms with Gasteiger partial charge in [-0.2, -0.15) is 4.36 Å². The fraction of sp³-hybridized carbons (Fsp3) is 0. The van der Waals surface area contributed by atoms with Gasteiger partial charge in [-0.1, -0.05) is 140 Å². The highest BCUT2D eigenvalue weighted by Crippen LogP contribution is 2.48. The summed E-state index contributed by atoms with van der Waals surface area (Å²) in [5.41, 5.74) is 9.18. The molecule has 2 aromatic heterocycles. The molecule has 7 aromatic carbocycles. The molecular weight excluding hydrogens is 657 g/mol. The Morgan fingerprint density at radius 2 is 1.10 bits per heavy atom. The van der Waals surface area contributed by atoms with Crippen LogP contribution in [-0.4, -0.2) is 18.7 Å². The molecule has 1 aliphatic rings. The van der Waals surface area contributed by atoms with Crippen molar-refractivity contribution in [3.05, 3.63) is 199 Å². The number of benzene rings is 7. The summed E-state index contributed by atoms with van der Waals surface area (Å²) in [6.45, 7) is 0. The molecule has 1 aliphatic heterocycles. The number of rotatable bonds is 5. The van der Waals surface area contributed by atoms with E-state index in [1.54, 1.807) is 0 Å². The first-order valence-electron chi connectivity index (χ1n) is 17.2. The van der Waals surface area contributed by atoms with Crippen molar-refractivity contribution in [2.45, 2.75) is 4.90 Å². The van der Waals surface area contributed by atoms with Crippen LogP contribution < -0.4 is 0 Å². The van der Waals surface area contributed by atoms with Gasteiger partial charge in [-0.15, -0.1) is 0 Å². The Balaban J connectivity index is 1.28. The number of hydrogen-bond donors (Lipinski definition) is 0. The molecule has 0 N–H and O–H groups in total. The summed E-state index contributed by atoms with van der Waals surface area (Å²) in [5, 5.41) is 3.07. The second-order valence-corrected chi connectivity index (χ2v) is 15.0. The summed E-state index contributed by atoms with van der Waals surface area (Å²) >= 11 is 0. The minimum absolute atomic E-state index is 0.593. The average molecular weight is 687 g/mol. The number of nitrogens with zero attached hydrogens (tertiary/aromatic N) is 4. The minimum atomic E-state index is -3.13. The quantitative estimate of drug-likeness (QED) is 0.181. The van der Waals surface area contributed by atoms with Crippen LogP contribution in [0, 0.1) is 0 Å². The van der Waals surface area contributed by atoms with Crippen molar-refractivity contribution in [2.75, 3.05) is 0 Å². The van der Waals surface area contributed by atoms with Gasteiger partial charge in [-0.25, -0.2) is 14.2 Å². The molecule has 0 radical (unpaired) electrons. The first kappa shape index (κ1) is 30.2. The van der Waals surface area contributed by atoms with Gasteiger partial charge < -0.3 is 0 Å². The summed E-state index contributed by atoms with van der Waals surface area (Å²) in [6.07, 6.45) is 0. The molecule has 0 aliphatic carbocycles. The number of para-hydroxylation sites is 2. The highest BCUT2D eigenvalue weighted by atomic mass is 32.2. The molecule has 246 valence electrons. The fourth-order valence-corrected chi connectivity index (χ4v) is 9.84. The predicted octanol–water partition coefficient (Wildman–Crippen LogP) is 11.5. The average Bonchev–Trinajstić information content (AvgIpc) is 3.54. The molecule has 0 spiro atoms. The van der Waals surface area contributed by atoms with E-state index in [9.17, 15) is 0 Å². The summed E-state index contributed by atoms with van der Waals surface area (Å²) in [4.78, 5) is 11.8. The molecular formula is C46H30N4OS. The van der Waals surface area contributed by atoms with Crippen LogP contribution in [0.25, 0.3) is 60.4 Å². The molecule has 6 heteroatoms. The van der Waals surface area contributed by atoms with E-state index in [-0.39, 0.29) is 0 Å². The van der Waals surface area contributed by atoms with E-state index >= 15 is 4.21 Å². The van der Waals surface area contributed by atoms with Crippen molar-refractivity contribution in [1.82, 2.24) is 14.5 Å². The van der Waals surface area contributed by atoms with Crippen LogP contribution >= 0.6 is 0 Å². The van der Waals surface area contributed by atoms with E-state index in [0.29, 0.717) is 15.7 Å². The summed E-state index contributed by atoms with van der Waals surface area (Å²) in [6, 6.07) is 61.1. The first-order valence-corrected chi connectivity index (χ1v) is 18.8. The molecule has 10 rings (SSSR count). The molecule has 0 saturated heterocycles.